The lowest BCUT2D eigenvalue weighted by atomic mass is 10.2. The fourth-order valence-corrected chi connectivity index (χ4v) is 4.23. The van der Waals surface area contributed by atoms with Crippen molar-refractivity contribution in [2.45, 2.75) is 24.0 Å². The Morgan fingerprint density at radius 3 is 2.50 bits per heavy atom. The standard InChI is InChI=1S/C18H17N3O3S2/c1-12(2)26(23,24)16-9-4-3-7-13(16)17(22)21-18-20-15(11-25-18)14-8-5-6-10-19-14/h3-12H,1-2H3,(H,20,21,22). The summed E-state index contributed by atoms with van der Waals surface area (Å²) in [5.74, 6) is -0.508. The van der Waals surface area contributed by atoms with E-state index in [0.29, 0.717) is 16.5 Å². The van der Waals surface area contributed by atoms with Gasteiger partial charge in [-0.05, 0) is 38.1 Å². The second-order valence-electron chi connectivity index (χ2n) is 5.80. The summed E-state index contributed by atoms with van der Waals surface area (Å²) in [4.78, 5) is 21.2. The maximum atomic E-state index is 12.6. The number of anilines is 1. The molecule has 2 heterocycles. The van der Waals surface area contributed by atoms with E-state index in [9.17, 15) is 13.2 Å². The second-order valence-corrected chi connectivity index (χ2v) is 9.13. The number of thiazole rings is 1. The maximum Gasteiger partial charge on any atom is 0.258 e. The van der Waals surface area contributed by atoms with Crippen LogP contribution in [-0.2, 0) is 9.84 Å². The summed E-state index contributed by atoms with van der Waals surface area (Å²) >= 11 is 1.25. The predicted molar refractivity (Wildman–Crippen MR) is 102 cm³/mol. The molecule has 2 aromatic heterocycles. The van der Waals surface area contributed by atoms with Gasteiger partial charge in [0.1, 0.15) is 5.69 Å². The molecule has 0 aliphatic carbocycles. The topological polar surface area (TPSA) is 89.0 Å². The number of hydrogen-bond donors (Lipinski definition) is 1. The second kappa shape index (κ2) is 7.35. The summed E-state index contributed by atoms with van der Waals surface area (Å²) in [5.41, 5.74) is 1.46. The minimum Gasteiger partial charge on any atom is -0.298 e. The molecule has 134 valence electrons. The molecule has 0 fully saturated rings. The van der Waals surface area contributed by atoms with Crippen molar-refractivity contribution in [3.63, 3.8) is 0 Å². The van der Waals surface area contributed by atoms with Gasteiger partial charge in [-0.3, -0.25) is 15.1 Å². The molecule has 0 atom stereocenters. The first-order valence-corrected chi connectivity index (χ1v) is 10.3. The number of benzene rings is 1. The quantitative estimate of drug-likeness (QED) is 0.722. The summed E-state index contributed by atoms with van der Waals surface area (Å²) in [6.07, 6.45) is 1.67. The Balaban J connectivity index is 1.87. The molecule has 0 aliphatic heterocycles. The smallest absolute Gasteiger partial charge is 0.258 e. The van der Waals surface area contributed by atoms with Gasteiger partial charge in [0.25, 0.3) is 5.91 Å². The molecule has 6 nitrogen and oxygen atoms in total. The Labute approximate surface area is 155 Å². The van der Waals surface area contributed by atoms with Crippen LogP contribution >= 0.6 is 11.3 Å². The summed E-state index contributed by atoms with van der Waals surface area (Å²) in [7, 11) is -3.57. The molecule has 0 saturated carbocycles. The number of rotatable bonds is 5. The van der Waals surface area contributed by atoms with Crippen LogP contribution in [0, 0.1) is 0 Å². The highest BCUT2D eigenvalue weighted by molar-refractivity contribution is 7.92. The lowest BCUT2D eigenvalue weighted by molar-refractivity contribution is 0.102. The van der Waals surface area contributed by atoms with Gasteiger partial charge >= 0.3 is 0 Å². The predicted octanol–water partition coefficient (Wildman–Crippen LogP) is 3.64. The summed E-state index contributed by atoms with van der Waals surface area (Å²) in [5, 5.41) is 4.23. The van der Waals surface area contributed by atoms with Gasteiger partial charge in [0, 0.05) is 11.6 Å². The number of hydrogen-bond acceptors (Lipinski definition) is 6. The molecule has 8 heteroatoms. The van der Waals surface area contributed by atoms with Crippen LogP contribution in [0.25, 0.3) is 11.4 Å². The van der Waals surface area contributed by atoms with Crippen molar-refractivity contribution in [1.82, 2.24) is 9.97 Å². The normalized spacial score (nSPS) is 11.5. The van der Waals surface area contributed by atoms with E-state index < -0.39 is 21.0 Å². The Kier molecular flexibility index (Phi) is 5.15. The summed E-state index contributed by atoms with van der Waals surface area (Å²) in [6, 6.07) is 11.7. The van der Waals surface area contributed by atoms with Crippen LogP contribution in [0.5, 0.6) is 0 Å². The molecular weight excluding hydrogens is 370 g/mol. The number of carbonyl (C=O) groups excluding carboxylic acids is 1. The van der Waals surface area contributed by atoms with Gasteiger partial charge in [0.05, 0.1) is 21.4 Å². The molecule has 1 aromatic carbocycles. The van der Waals surface area contributed by atoms with Crippen molar-refractivity contribution in [3.8, 4) is 11.4 Å². The third-order valence-electron chi connectivity index (χ3n) is 3.71. The average Bonchev–Trinajstić information content (AvgIpc) is 3.10. The first kappa shape index (κ1) is 18.2. The Morgan fingerprint density at radius 1 is 1.08 bits per heavy atom. The minimum atomic E-state index is -3.57. The molecule has 26 heavy (non-hydrogen) atoms. The first-order chi connectivity index (χ1) is 12.4. The molecule has 3 rings (SSSR count). The zero-order valence-electron chi connectivity index (χ0n) is 14.2. The van der Waals surface area contributed by atoms with Gasteiger partial charge in [0.2, 0.25) is 0 Å². The number of aromatic nitrogens is 2. The summed E-state index contributed by atoms with van der Waals surface area (Å²) < 4.78 is 25.0. The van der Waals surface area contributed by atoms with Crippen LogP contribution in [0.15, 0.2) is 58.9 Å². The molecule has 0 bridgehead atoms. The van der Waals surface area contributed by atoms with E-state index in [1.54, 1.807) is 37.6 Å². The number of pyridine rings is 1. The fourth-order valence-electron chi connectivity index (χ4n) is 2.28. The van der Waals surface area contributed by atoms with E-state index in [4.69, 9.17) is 0 Å². The van der Waals surface area contributed by atoms with Crippen molar-refractivity contribution in [3.05, 3.63) is 59.6 Å². The lowest BCUT2D eigenvalue weighted by Gasteiger charge is -2.12. The molecule has 0 spiro atoms. The van der Waals surface area contributed by atoms with E-state index in [-0.39, 0.29) is 10.5 Å². The molecule has 1 N–H and O–H groups in total. The molecular formula is C18H17N3O3S2. The highest BCUT2D eigenvalue weighted by Crippen LogP contribution is 2.25. The number of amides is 1. The van der Waals surface area contributed by atoms with Gasteiger partial charge in [-0.25, -0.2) is 13.4 Å². The molecule has 0 radical (unpaired) electrons. The number of carbonyl (C=O) groups is 1. The van der Waals surface area contributed by atoms with E-state index in [1.807, 2.05) is 18.2 Å². The van der Waals surface area contributed by atoms with E-state index in [0.717, 1.165) is 0 Å². The highest BCUT2D eigenvalue weighted by atomic mass is 32.2. The molecule has 0 saturated heterocycles. The Hall–Kier alpha value is -2.58. The number of nitrogens with zero attached hydrogens (tertiary/aromatic N) is 2. The largest absolute Gasteiger partial charge is 0.298 e. The maximum absolute atomic E-state index is 12.6. The van der Waals surface area contributed by atoms with Gasteiger partial charge in [-0.2, -0.15) is 0 Å². The number of nitrogens with one attached hydrogen (secondary N) is 1. The number of sulfone groups is 1. The van der Waals surface area contributed by atoms with Crippen LogP contribution in [0.2, 0.25) is 0 Å². The molecule has 3 aromatic rings. The molecule has 1 amide bonds. The van der Waals surface area contributed by atoms with Gasteiger partial charge in [-0.1, -0.05) is 18.2 Å². The average molecular weight is 387 g/mol. The SMILES string of the molecule is CC(C)S(=O)(=O)c1ccccc1C(=O)Nc1nc(-c2ccccn2)cs1. The fraction of sp³-hybridized carbons (Fsp3) is 0.167. The van der Waals surface area contributed by atoms with Gasteiger partial charge < -0.3 is 0 Å². The van der Waals surface area contributed by atoms with Crippen molar-refractivity contribution in [2.75, 3.05) is 5.32 Å². The van der Waals surface area contributed by atoms with Crippen molar-refractivity contribution >= 4 is 32.2 Å². The zero-order chi connectivity index (χ0) is 18.7. The zero-order valence-corrected chi connectivity index (χ0v) is 15.8. The third kappa shape index (κ3) is 3.66. The lowest BCUT2D eigenvalue weighted by Crippen LogP contribution is -2.20. The van der Waals surface area contributed by atoms with E-state index in [2.05, 4.69) is 15.3 Å². The monoisotopic (exact) mass is 387 g/mol. The van der Waals surface area contributed by atoms with Crippen molar-refractivity contribution in [1.29, 1.82) is 0 Å². The van der Waals surface area contributed by atoms with Crippen LogP contribution < -0.4 is 5.32 Å². The van der Waals surface area contributed by atoms with Crippen molar-refractivity contribution in [2.24, 2.45) is 0 Å². The van der Waals surface area contributed by atoms with Crippen LogP contribution in [-0.4, -0.2) is 29.5 Å². The first-order valence-electron chi connectivity index (χ1n) is 7.91. The Bertz CT molecular complexity index is 1030. The van der Waals surface area contributed by atoms with Gasteiger partial charge in [-0.15, -0.1) is 11.3 Å². The van der Waals surface area contributed by atoms with Crippen LogP contribution in [0.1, 0.15) is 24.2 Å². The molecule has 0 unspecified atom stereocenters. The Morgan fingerprint density at radius 2 is 1.81 bits per heavy atom. The third-order valence-corrected chi connectivity index (χ3v) is 6.68. The van der Waals surface area contributed by atoms with Crippen LogP contribution in [0.4, 0.5) is 5.13 Å². The van der Waals surface area contributed by atoms with E-state index in [1.165, 1.54) is 23.5 Å². The minimum absolute atomic E-state index is 0.0222. The van der Waals surface area contributed by atoms with Gasteiger partial charge in [0.15, 0.2) is 15.0 Å². The van der Waals surface area contributed by atoms with E-state index >= 15 is 0 Å². The van der Waals surface area contributed by atoms with Crippen molar-refractivity contribution < 1.29 is 13.2 Å². The highest BCUT2D eigenvalue weighted by Gasteiger charge is 2.25. The van der Waals surface area contributed by atoms with Crippen LogP contribution in [0.3, 0.4) is 0 Å². The summed E-state index contributed by atoms with van der Waals surface area (Å²) in [6.45, 7) is 3.17. The molecule has 0 aliphatic rings.